The number of nitrogens with one attached hydrogen (secondary N) is 1. The Balaban J connectivity index is 1.84. The van der Waals surface area contributed by atoms with E-state index in [1.54, 1.807) is 0 Å². The van der Waals surface area contributed by atoms with Crippen LogP contribution in [0.5, 0.6) is 0 Å². The smallest absolute Gasteiger partial charge is 0.0897 e. The SMILES string of the molecule is CCCCCCOCC(O)CNC1(C)CC1. The molecule has 1 aliphatic rings. The van der Waals surface area contributed by atoms with Gasteiger partial charge in [-0.05, 0) is 26.2 Å². The van der Waals surface area contributed by atoms with E-state index in [0.29, 0.717) is 18.7 Å². The van der Waals surface area contributed by atoms with Gasteiger partial charge in [0.25, 0.3) is 0 Å². The zero-order valence-corrected chi connectivity index (χ0v) is 10.8. The summed E-state index contributed by atoms with van der Waals surface area (Å²) in [7, 11) is 0. The summed E-state index contributed by atoms with van der Waals surface area (Å²) in [5.74, 6) is 0. The average molecular weight is 229 g/mol. The third-order valence-corrected chi connectivity index (χ3v) is 3.22. The lowest BCUT2D eigenvalue weighted by Crippen LogP contribution is -2.37. The maximum absolute atomic E-state index is 9.66. The fourth-order valence-electron chi connectivity index (χ4n) is 1.64. The van der Waals surface area contributed by atoms with Crippen LogP contribution in [0.15, 0.2) is 0 Å². The average Bonchev–Trinajstić information content (AvgIpc) is 3.00. The minimum absolute atomic E-state index is 0.308. The Hall–Kier alpha value is -0.120. The van der Waals surface area contributed by atoms with Gasteiger partial charge in [-0.3, -0.25) is 0 Å². The van der Waals surface area contributed by atoms with Crippen LogP contribution in [0.3, 0.4) is 0 Å². The fourth-order valence-corrected chi connectivity index (χ4v) is 1.64. The van der Waals surface area contributed by atoms with Crippen molar-refractivity contribution in [3.8, 4) is 0 Å². The van der Waals surface area contributed by atoms with Gasteiger partial charge in [0, 0.05) is 18.7 Å². The van der Waals surface area contributed by atoms with Gasteiger partial charge in [-0.15, -0.1) is 0 Å². The van der Waals surface area contributed by atoms with E-state index in [1.807, 2.05) is 0 Å². The van der Waals surface area contributed by atoms with Crippen LogP contribution >= 0.6 is 0 Å². The van der Waals surface area contributed by atoms with Gasteiger partial charge in [0.2, 0.25) is 0 Å². The van der Waals surface area contributed by atoms with Gasteiger partial charge in [0.05, 0.1) is 12.7 Å². The van der Waals surface area contributed by atoms with Crippen LogP contribution < -0.4 is 5.32 Å². The Kier molecular flexibility index (Phi) is 6.32. The predicted octanol–water partition coefficient (Wildman–Crippen LogP) is 2.09. The molecule has 0 aromatic rings. The maximum Gasteiger partial charge on any atom is 0.0897 e. The van der Waals surface area contributed by atoms with Crippen molar-refractivity contribution in [3.05, 3.63) is 0 Å². The van der Waals surface area contributed by atoms with Crippen molar-refractivity contribution in [2.75, 3.05) is 19.8 Å². The molecular formula is C13H27NO2. The van der Waals surface area contributed by atoms with Crippen molar-refractivity contribution >= 4 is 0 Å². The molecule has 1 fully saturated rings. The number of unbranched alkanes of at least 4 members (excludes halogenated alkanes) is 3. The lowest BCUT2D eigenvalue weighted by Gasteiger charge is -2.16. The fraction of sp³-hybridized carbons (Fsp3) is 1.00. The van der Waals surface area contributed by atoms with Crippen LogP contribution in [0, 0.1) is 0 Å². The zero-order chi connectivity index (χ0) is 11.9. The summed E-state index contributed by atoms with van der Waals surface area (Å²) < 4.78 is 5.44. The first-order valence-electron chi connectivity index (χ1n) is 6.67. The lowest BCUT2D eigenvalue weighted by atomic mass is 10.2. The van der Waals surface area contributed by atoms with Gasteiger partial charge in [0.15, 0.2) is 0 Å². The van der Waals surface area contributed by atoms with E-state index in [2.05, 4.69) is 19.2 Å². The molecule has 0 amide bonds. The molecule has 1 aliphatic carbocycles. The van der Waals surface area contributed by atoms with Crippen LogP contribution in [0.2, 0.25) is 0 Å². The van der Waals surface area contributed by atoms with Crippen molar-refractivity contribution in [1.29, 1.82) is 0 Å². The van der Waals surface area contributed by atoms with Crippen LogP contribution in [0.1, 0.15) is 52.4 Å². The van der Waals surface area contributed by atoms with E-state index in [4.69, 9.17) is 4.74 Å². The maximum atomic E-state index is 9.66. The van der Waals surface area contributed by atoms with Crippen molar-refractivity contribution < 1.29 is 9.84 Å². The van der Waals surface area contributed by atoms with E-state index in [0.717, 1.165) is 13.0 Å². The topological polar surface area (TPSA) is 41.5 Å². The molecule has 1 rings (SSSR count). The van der Waals surface area contributed by atoms with Gasteiger partial charge in [0.1, 0.15) is 0 Å². The van der Waals surface area contributed by atoms with Crippen molar-refractivity contribution in [1.82, 2.24) is 5.32 Å². The van der Waals surface area contributed by atoms with E-state index in [1.165, 1.54) is 32.1 Å². The monoisotopic (exact) mass is 229 g/mol. The van der Waals surface area contributed by atoms with E-state index < -0.39 is 0 Å². The standard InChI is InChI=1S/C13H27NO2/c1-3-4-5-6-9-16-11-12(15)10-14-13(2)7-8-13/h12,14-15H,3-11H2,1-2H3. The molecule has 3 nitrogen and oxygen atoms in total. The molecule has 1 atom stereocenters. The Bertz CT molecular complexity index is 181. The van der Waals surface area contributed by atoms with Crippen molar-refractivity contribution in [2.24, 2.45) is 0 Å². The molecule has 3 heteroatoms. The second kappa shape index (κ2) is 7.25. The summed E-state index contributed by atoms with van der Waals surface area (Å²) in [6.07, 6.45) is 7.00. The molecule has 0 saturated heterocycles. The first-order chi connectivity index (χ1) is 7.66. The van der Waals surface area contributed by atoms with Crippen molar-refractivity contribution in [2.45, 2.75) is 64.0 Å². The van der Waals surface area contributed by atoms with Crippen LogP contribution in [-0.4, -0.2) is 36.5 Å². The number of aliphatic hydroxyl groups is 1. The molecule has 96 valence electrons. The molecule has 1 unspecified atom stereocenters. The molecule has 0 aliphatic heterocycles. The second-order valence-electron chi connectivity index (χ2n) is 5.23. The van der Waals surface area contributed by atoms with Gasteiger partial charge < -0.3 is 15.2 Å². The molecule has 0 radical (unpaired) electrons. The lowest BCUT2D eigenvalue weighted by molar-refractivity contribution is 0.0339. The summed E-state index contributed by atoms with van der Waals surface area (Å²) in [6.45, 7) is 6.31. The highest BCUT2D eigenvalue weighted by Gasteiger charge is 2.36. The number of rotatable bonds is 10. The summed E-state index contributed by atoms with van der Waals surface area (Å²) in [6, 6.07) is 0. The Labute approximate surface area is 99.6 Å². The highest BCUT2D eigenvalue weighted by Crippen LogP contribution is 2.33. The molecule has 0 aromatic heterocycles. The predicted molar refractivity (Wildman–Crippen MR) is 66.6 cm³/mol. The third-order valence-electron chi connectivity index (χ3n) is 3.22. The highest BCUT2D eigenvalue weighted by molar-refractivity contribution is 4.97. The molecule has 0 bridgehead atoms. The van der Waals surface area contributed by atoms with Crippen LogP contribution in [0.4, 0.5) is 0 Å². The van der Waals surface area contributed by atoms with Gasteiger partial charge in [-0.25, -0.2) is 0 Å². The third kappa shape index (κ3) is 6.46. The van der Waals surface area contributed by atoms with E-state index >= 15 is 0 Å². The molecule has 0 spiro atoms. The van der Waals surface area contributed by atoms with Crippen molar-refractivity contribution in [3.63, 3.8) is 0 Å². The summed E-state index contributed by atoms with van der Waals surface area (Å²) in [5.41, 5.74) is 0.308. The Morgan fingerprint density at radius 3 is 2.69 bits per heavy atom. The number of β-amino-alcohol motifs (C(OH)–C–C–N with tert-alkyl or cyclic N) is 1. The summed E-state index contributed by atoms with van der Waals surface area (Å²) in [4.78, 5) is 0. The molecule has 16 heavy (non-hydrogen) atoms. The van der Waals surface area contributed by atoms with Crippen LogP contribution in [-0.2, 0) is 4.74 Å². The second-order valence-corrected chi connectivity index (χ2v) is 5.23. The zero-order valence-electron chi connectivity index (χ0n) is 10.8. The molecule has 0 heterocycles. The number of hydrogen-bond acceptors (Lipinski definition) is 3. The minimum Gasteiger partial charge on any atom is -0.389 e. The largest absolute Gasteiger partial charge is 0.389 e. The molecule has 1 saturated carbocycles. The van der Waals surface area contributed by atoms with Crippen LogP contribution in [0.25, 0.3) is 0 Å². The first-order valence-corrected chi connectivity index (χ1v) is 6.67. The van der Waals surface area contributed by atoms with Gasteiger partial charge in [-0.1, -0.05) is 26.2 Å². The molecular weight excluding hydrogens is 202 g/mol. The van der Waals surface area contributed by atoms with Gasteiger partial charge >= 0.3 is 0 Å². The quantitative estimate of drug-likeness (QED) is 0.564. The van der Waals surface area contributed by atoms with E-state index in [9.17, 15) is 5.11 Å². The first kappa shape index (κ1) is 13.9. The number of aliphatic hydroxyl groups excluding tert-OH is 1. The Morgan fingerprint density at radius 1 is 1.31 bits per heavy atom. The number of hydrogen-bond donors (Lipinski definition) is 2. The molecule has 0 aromatic carbocycles. The summed E-state index contributed by atoms with van der Waals surface area (Å²) >= 11 is 0. The Morgan fingerprint density at radius 2 is 2.06 bits per heavy atom. The number of ether oxygens (including phenoxy) is 1. The highest BCUT2D eigenvalue weighted by atomic mass is 16.5. The van der Waals surface area contributed by atoms with E-state index in [-0.39, 0.29) is 6.10 Å². The molecule has 2 N–H and O–H groups in total. The normalized spacial score (nSPS) is 19.7. The minimum atomic E-state index is -0.358. The summed E-state index contributed by atoms with van der Waals surface area (Å²) in [5, 5.41) is 13.0. The van der Waals surface area contributed by atoms with Gasteiger partial charge in [-0.2, -0.15) is 0 Å².